The Morgan fingerprint density at radius 1 is 1.18 bits per heavy atom. The molecule has 0 bridgehead atoms. The molecule has 1 aromatic carbocycles. The highest BCUT2D eigenvalue weighted by Gasteiger charge is 2.39. The SMILES string of the molecule is FC(F)C(F)(F)CNCc1ccc(Br)c(Br)c1. The monoisotopic (exact) mass is 377 g/mol. The second kappa shape index (κ2) is 6.15. The van der Waals surface area contributed by atoms with Crippen LogP contribution in [0.4, 0.5) is 17.6 Å². The number of hydrogen-bond donors (Lipinski definition) is 1. The number of halogens is 6. The van der Waals surface area contributed by atoms with E-state index in [9.17, 15) is 17.6 Å². The smallest absolute Gasteiger partial charge is 0.307 e. The first-order chi connectivity index (χ1) is 7.83. The van der Waals surface area contributed by atoms with Crippen molar-refractivity contribution in [1.82, 2.24) is 5.32 Å². The molecule has 0 aliphatic carbocycles. The van der Waals surface area contributed by atoms with Crippen LogP contribution >= 0.6 is 31.9 Å². The number of benzene rings is 1. The lowest BCUT2D eigenvalue weighted by atomic mass is 10.2. The van der Waals surface area contributed by atoms with Gasteiger partial charge in [0.1, 0.15) is 0 Å². The molecule has 17 heavy (non-hydrogen) atoms. The van der Waals surface area contributed by atoms with Gasteiger partial charge >= 0.3 is 12.3 Å². The third-order valence-corrected chi connectivity index (χ3v) is 3.87. The topological polar surface area (TPSA) is 12.0 Å². The summed E-state index contributed by atoms with van der Waals surface area (Å²) in [6, 6.07) is 5.17. The molecule has 0 atom stereocenters. The molecule has 0 spiro atoms. The van der Waals surface area contributed by atoms with Crippen molar-refractivity contribution in [2.45, 2.75) is 18.9 Å². The lowest BCUT2D eigenvalue weighted by Gasteiger charge is -2.15. The van der Waals surface area contributed by atoms with Crippen molar-refractivity contribution in [3.8, 4) is 0 Å². The molecule has 0 unspecified atom stereocenters. The van der Waals surface area contributed by atoms with Crippen LogP contribution in [-0.2, 0) is 6.54 Å². The molecule has 1 nitrogen and oxygen atoms in total. The van der Waals surface area contributed by atoms with Gasteiger partial charge in [0.25, 0.3) is 0 Å². The third kappa shape index (κ3) is 4.56. The second-order valence-electron chi connectivity index (χ2n) is 3.41. The fourth-order valence-corrected chi connectivity index (χ4v) is 1.77. The van der Waals surface area contributed by atoms with Gasteiger partial charge in [0.2, 0.25) is 0 Å². The summed E-state index contributed by atoms with van der Waals surface area (Å²) < 4.78 is 50.4. The molecule has 0 amide bonds. The molecule has 0 fully saturated rings. The largest absolute Gasteiger partial charge is 0.319 e. The van der Waals surface area contributed by atoms with Crippen molar-refractivity contribution < 1.29 is 17.6 Å². The van der Waals surface area contributed by atoms with Gasteiger partial charge in [0.05, 0.1) is 6.54 Å². The number of nitrogens with one attached hydrogen (secondary N) is 1. The van der Waals surface area contributed by atoms with Crippen LogP contribution in [0.5, 0.6) is 0 Å². The Morgan fingerprint density at radius 3 is 2.35 bits per heavy atom. The maximum absolute atomic E-state index is 12.6. The molecule has 0 radical (unpaired) electrons. The maximum Gasteiger partial charge on any atom is 0.319 e. The van der Waals surface area contributed by atoms with E-state index < -0.39 is 18.9 Å². The molecule has 1 rings (SSSR count). The fraction of sp³-hybridized carbons (Fsp3) is 0.400. The van der Waals surface area contributed by atoms with Crippen LogP contribution < -0.4 is 5.32 Å². The van der Waals surface area contributed by atoms with Crippen LogP contribution in [0, 0.1) is 0 Å². The Labute approximate surface area is 113 Å². The lowest BCUT2D eigenvalue weighted by Crippen LogP contribution is -2.38. The quantitative estimate of drug-likeness (QED) is 0.757. The van der Waals surface area contributed by atoms with E-state index in [1.165, 1.54) is 0 Å². The van der Waals surface area contributed by atoms with Gasteiger partial charge in [-0.3, -0.25) is 0 Å². The van der Waals surface area contributed by atoms with E-state index in [0.717, 1.165) is 14.5 Å². The fourth-order valence-electron chi connectivity index (χ4n) is 1.10. The highest BCUT2D eigenvalue weighted by molar-refractivity contribution is 9.13. The minimum atomic E-state index is -3.99. The van der Waals surface area contributed by atoms with E-state index in [2.05, 4.69) is 37.2 Å². The molecule has 0 saturated heterocycles. The first-order valence-electron chi connectivity index (χ1n) is 4.63. The Kier molecular flexibility index (Phi) is 5.40. The first-order valence-corrected chi connectivity index (χ1v) is 6.22. The zero-order valence-corrected chi connectivity index (χ0v) is 11.7. The van der Waals surface area contributed by atoms with Gasteiger partial charge in [-0.05, 0) is 49.6 Å². The zero-order chi connectivity index (χ0) is 13.1. The van der Waals surface area contributed by atoms with Crippen molar-refractivity contribution in [2.75, 3.05) is 6.54 Å². The predicted molar refractivity (Wildman–Crippen MR) is 64.5 cm³/mol. The Hall–Kier alpha value is -0.140. The molecule has 0 aromatic heterocycles. The van der Waals surface area contributed by atoms with Gasteiger partial charge < -0.3 is 5.32 Å². The second-order valence-corrected chi connectivity index (χ2v) is 5.12. The molecule has 96 valence electrons. The summed E-state index contributed by atoms with van der Waals surface area (Å²) in [7, 11) is 0. The summed E-state index contributed by atoms with van der Waals surface area (Å²) in [6.45, 7) is -0.938. The predicted octanol–water partition coefficient (Wildman–Crippen LogP) is 4.20. The van der Waals surface area contributed by atoms with Crippen molar-refractivity contribution in [3.05, 3.63) is 32.7 Å². The van der Waals surface area contributed by atoms with Gasteiger partial charge in [-0.15, -0.1) is 0 Å². The van der Waals surface area contributed by atoms with Gasteiger partial charge in [0.15, 0.2) is 0 Å². The number of rotatable bonds is 5. The van der Waals surface area contributed by atoms with Gasteiger partial charge in [-0.2, -0.15) is 8.78 Å². The molecule has 0 saturated carbocycles. The highest BCUT2D eigenvalue weighted by Crippen LogP contribution is 2.24. The molecule has 1 N–H and O–H groups in total. The van der Waals surface area contributed by atoms with Crippen LogP contribution in [0.25, 0.3) is 0 Å². The van der Waals surface area contributed by atoms with Crippen LogP contribution in [0.3, 0.4) is 0 Å². The summed E-state index contributed by atoms with van der Waals surface area (Å²) >= 11 is 6.52. The molecule has 0 heterocycles. The third-order valence-electron chi connectivity index (χ3n) is 1.99. The first kappa shape index (κ1) is 14.9. The Balaban J connectivity index is 2.49. The van der Waals surface area contributed by atoms with Crippen molar-refractivity contribution in [3.63, 3.8) is 0 Å². The van der Waals surface area contributed by atoms with Crippen LogP contribution in [0.2, 0.25) is 0 Å². The highest BCUT2D eigenvalue weighted by atomic mass is 79.9. The normalized spacial score (nSPS) is 12.2. The number of alkyl halides is 4. The average Bonchev–Trinajstić information content (AvgIpc) is 2.23. The van der Waals surface area contributed by atoms with Crippen LogP contribution in [0.15, 0.2) is 27.1 Å². The zero-order valence-electron chi connectivity index (χ0n) is 8.49. The minimum Gasteiger partial charge on any atom is -0.307 e. The molecular formula is C10H9Br2F4N. The van der Waals surface area contributed by atoms with E-state index in [-0.39, 0.29) is 6.54 Å². The van der Waals surface area contributed by atoms with E-state index in [1.54, 1.807) is 18.2 Å². The van der Waals surface area contributed by atoms with Crippen LogP contribution in [-0.4, -0.2) is 18.9 Å². The summed E-state index contributed by atoms with van der Waals surface area (Å²) in [5, 5.41) is 2.30. The van der Waals surface area contributed by atoms with E-state index in [0.29, 0.717) is 0 Å². The molecule has 1 aromatic rings. The Bertz CT molecular complexity index is 385. The molecular weight excluding hydrogens is 370 g/mol. The Morgan fingerprint density at radius 2 is 1.82 bits per heavy atom. The average molecular weight is 379 g/mol. The standard InChI is InChI=1S/C10H9Br2F4N/c11-7-2-1-6(3-8(7)12)4-17-5-10(15,16)9(13)14/h1-3,9,17H,4-5H2. The van der Waals surface area contributed by atoms with Gasteiger partial charge in [0, 0.05) is 15.5 Å². The van der Waals surface area contributed by atoms with E-state index in [1.807, 2.05) is 0 Å². The molecule has 0 aliphatic rings. The van der Waals surface area contributed by atoms with Crippen molar-refractivity contribution in [1.29, 1.82) is 0 Å². The summed E-state index contributed by atoms with van der Waals surface area (Å²) in [5.74, 6) is -3.99. The van der Waals surface area contributed by atoms with E-state index in [4.69, 9.17) is 0 Å². The van der Waals surface area contributed by atoms with Crippen molar-refractivity contribution in [2.24, 2.45) is 0 Å². The summed E-state index contributed by atoms with van der Waals surface area (Å²) in [4.78, 5) is 0. The summed E-state index contributed by atoms with van der Waals surface area (Å²) in [6.07, 6.45) is -3.65. The summed E-state index contributed by atoms with van der Waals surface area (Å²) in [5.41, 5.74) is 0.727. The minimum absolute atomic E-state index is 0.105. The van der Waals surface area contributed by atoms with Gasteiger partial charge in [-0.25, -0.2) is 8.78 Å². The number of hydrogen-bond acceptors (Lipinski definition) is 1. The van der Waals surface area contributed by atoms with Gasteiger partial charge in [-0.1, -0.05) is 6.07 Å². The molecule has 0 aliphatic heterocycles. The maximum atomic E-state index is 12.6. The lowest BCUT2D eigenvalue weighted by molar-refractivity contribution is -0.125. The van der Waals surface area contributed by atoms with Crippen LogP contribution in [0.1, 0.15) is 5.56 Å². The van der Waals surface area contributed by atoms with E-state index >= 15 is 0 Å². The molecule has 7 heteroatoms. The van der Waals surface area contributed by atoms with Crippen molar-refractivity contribution >= 4 is 31.9 Å².